The number of hydrogen-bond donors (Lipinski definition) is 2. The molecule has 130 valence electrons. The molecule has 1 fully saturated rings. The Balaban J connectivity index is 1.69. The average Bonchev–Trinajstić information content (AvgIpc) is 2.82. The highest BCUT2D eigenvalue weighted by molar-refractivity contribution is 9.11. The van der Waals surface area contributed by atoms with Crippen LogP contribution in [0.1, 0.15) is 51.3 Å². The minimum absolute atomic E-state index is 0.215. The summed E-state index contributed by atoms with van der Waals surface area (Å²) < 4.78 is 6.53. The molecule has 1 aromatic heterocycles. The van der Waals surface area contributed by atoms with Crippen LogP contribution in [-0.2, 0) is 11.2 Å². The summed E-state index contributed by atoms with van der Waals surface area (Å²) in [6.45, 7) is 6.65. The summed E-state index contributed by atoms with van der Waals surface area (Å²) in [4.78, 5) is 13.3. The van der Waals surface area contributed by atoms with Crippen LogP contribution in [0.25, 0.3) is 0 Å². The molecule has 1 aliphatic rings. The van der Waals surface area contributed by atoms with E-state index in [9.17, 15) is 4.79 Å². The Labute approximate surface area is 151 Å². The van der Waals surface area contributed by atoms with Gasteiger partial charge in [-0.05, 0) is 80.9 Å². The summed E-state index contributed by atoms with van der Waals surface area (Å²) in [6.07, 6.45) is 5.09. The number of carbonyl (C=O) groups is 1. The topological polar surface area (TPSA) is 50.4 Å². The monoisotopic (exact) mass is 402 g/mol. The maximum atomic E-state index is 11.9. The predicted molar refractivity (Wildman–Crippen MR) is 99.1 cm³/mol. The summed E-state index contributed by atoms with van der Waals surface area (Å²) in [5, 5.41) is 6.64. The van der Waals surface area contributed by atoms with Crippen molar-refractivity contribution in [3.8, 4) is 0 Å². The predicted octanol–water partition coefficient (Wildman–Crippen LogP) is 4.48. The fourth-order valence-electron chi connectivity index (χ4n) is 2.87. The van der Waals surface area contributed by atoms with Gasteiger partial charge in [0, 0.05) is 23.5 Å². The molecule has 1 saturated carbocycles. The van der Waals surface area contributed by atoms with E-state index in [-0.39, 0.29) is 12.1 Å². The van der Waals surface area contributed by atoms with Crippen molar-refractivity contribution in [1.29, 1.82) is 0 Å². The zero-order valence-electron chi connectivity index (χ0n) is 14.2. The Morgan fingerprint density at radius 1 is 1.35 bits per heavy atom. The van der Waals surface area contributed by atoms with Crippen LogP contribution in [0.4, 0.5) is 4.79 Å². The van der Waals surface area contributed by atoms with E-state index in [1.807, 2.05) is 20.8 Å². The highest BCUT2D eigenvalue weighted by atomic mass is 79.9. The van der Waals surface area contributed by atoms with Gasteiger partial charge in [-0.25, -0.2) is 4.79 Å². The number of nitrogens with one attached hydrogen (secondary N) is 2. The van der Waals surface area contributed by atoms with Gasteiger partial charge in [0.05, 0.1) is 3.79 Å². The second-order valence-electron chi connectivity index (χ2n) is 7.12. The van der Waals surface area contributed by atoms with E-state index in [0.29, 0.717) is 6.04 Å². The summed E-state index contributed by atoms with van der Waals surface area (Å²) >= 11 is 5.29. The Bertz CT molecular complexity index is 513. The Morgan fingerprint density at radius 2 is 2.09 bits per heavy atom. The first-order valence-corrected chi connectivity index (χ1v) is 9.90. The minimum Gasteiger partial charge on any atom is -0.444 e. The molecule has 0 aromatic carbocycles. The van der Waals surface area contributed by atoms with Crippen molar-refractivity contribution in [1.82, 2.24) is 10.6 Å². The maximum absolute atomic E-state index is 11.9. The molecule has 2 N–H and O–H groups in total. The summed E-state index contributed by atoms with van der Waals surface area (Å²) in [5.41, 5.74) is -0.439. The fraction of sp³-hybridized carbons (Fsp3) is 0.706. The van der Waals surface area contributed by atoms with Crippen molar-refractivity contribution >= 4 is 33.4 Å². The van der Waals surface area contributed by atoms with E-state index in [2.05, 4.69) is 38.7 Å². The molecule has 1 aliphatic carbocycles. The molecular weight excluding hydrogens is 376 g/mol. The van der Waals surface area contributed by atoms with E-state index < -0.39 is 5.60 Å². The number of rotatable bonds is 5. The van der Waals surface area contributed by atoms with Gasteiger partial charge in [0.1, 0.15) is 5.60 Å². The van der Waals surface area contributed by atoms with E-state index >= 15 is 0 Å². The van der Waals surface area contributed by atoms with Crippen molar-refractivity contribution in [2.45, 2.75) is 70.6 Å². The number of thiophene rings is 1. The van der Waals surface area contributed by atoms with Gasteiger partial charge >= 0.3 is 6.09 Å². The van der Waals surface area contributed by atoms with Crippen molar-refractivity contribution in [2.75, 3.05) is 6.54 Å². The van der Waals surface area contributed by atoms with Crippen LogP contribution in [-0.4, -0.2) is 30.3 Å². The Kier molecular flexibility index (Phi) is 6.92. The molecule has 4 nitrogen and oxygen atoms in total. The maximum Gasteiger partial charge on any atom is 0.407 e. The van der Waals surface area contributed by atoms with Gasteiger partial charge in [-0.15, -0.1) is 11.3 Å². The van der Waals surface area contributed by atoms with E-state index in [1.54, 1.807) is 11.3 Å². The molecule has 0 aliphatic heterocycles. The van der Waals surface area contributed by atoms with Crippen LogP contribution in [0.15, 0.2) is 15.9 Å². The average molecular weight is 403 g/mol. The van der Waals surface area contributed by atoms with Crippen LogP contribution >= 0.6 is 27.3 Å². The quantitative estimate of drug-likeness (QED) is 0.762. The van der Waals surface area contributed by atoms with Crippen LogP contribution in [0, 0.1) is 0 Å². The van der Waals surface area contributed by atoms with Crippen LogP contribution in [0.2, 0.25) is 0 Å². The molecular formula is C17H27BrN2O2S. The lowest BCUT2D eigenvalue weighted by atomic mass is 9.91. The van der Waals surface area contributed by atoms with Gasteiger partial charge in [0.25, 0.3) is 0 Å². The molecule has 0 saturated heterocycles. The van der Waals surface area contributed by atoms with E-state index in [4.69, 9.17) is 4.74 Å². The molecule has 1 amide bonds. The van der Waals surface area contributed by atoms with Gasteiger partial charge in [-0.3, -0.25) is 0 Å². The Morgan fingerprint density at radius 3 is 2.74 bits per heavy atom. The standard InChI is InChI=1S/C17H27BrN2O2S/c1-17(2,3)22-16(21)20-13-6-4-5-12(11-13)19-10-9-14-7-8-15(18)23-14/h7-8,12-13,19H,4-6,9-11H2,1-3H3,(H,20,21). The molecule has 23 heavy (non-hydrogen) atoms. The third-order valence-electron chi connectivity index (χ3n) is 3.83. The third kappa shape index (κ3) is 7.23. The van der Waals surface area contributed by atoms with Crippen LogP contribution in [0.5, 0.6) is 0 Å². The highest BCUT2D eigenvalue weighted by Gasteiger charge is 2.25. The second-order valence-corrected chi connectivity index (χ2v) is 9.66. The normalized spacial score (nSPS) is 21.9. The molecule has 1 aromatic rings. The third-order valence-corrected chi connectivity index (χ3v) is 5.51. The zero-order chi connectivity index (χ0) is 16.9. The number of ether oxygens (including phenoxy) is 1. The number of amides is 1. The van der Waals surface area contributed by atoms with Gasteiger partial charge in [0.15, 0.2) is 0 Å². The highest BCUT2D eigenvalue weighted by Crippen LogP contribution is 2.23. The second kappa shape index (κ2) is 8.49. The van der Waals surface area contributed by atoms with Crippen LogP contribution in [0.3, 0.4) is 0 Å². The molecule has 2 atom stereocenters. The van der Waals surface area contributed by atoms with E-state index in [1.165, 1.54) is 15.1 Å². The molecule has 0 spiro atoms. The lowest BCUT2D eigenvalue weighted by molar-refractivity contribution is 0.0489. The van der Waals surface area contributed by atoms with Gasteiger partial charge in [0.2, 0.25) is 0 Å². The first kappa shape index (κ1) is 18.7. The molecule has 0 bridgehead atoms. The van der Waals surface area contributed by atoms with Gasteiger partial charge < -0.3 is 15.4 Å². The molecule has 0 radical (unpaired) electrons. The summed E-state index contributed by atoms with van der Waals surface area (Å²) in [7, 11) is 0. The van der Waals surface area contributed by atoms with Crippen molar-refractivity contribution in [2.24, 2.45) is 0 Å². The van der Waals surface area contributed by atoms with Crippen molar-refractivity contribution < 1.29 is 9.53 Å². The number of alkyl carbamates (subject to hydrolysis) is 1. The van der Waals surface area contributed by atoms with Crippen molar-refractivity contribution in [3.63, 3.8) is 0 Å². The number of hydrogen-bond acceptors (Lipinski definition) is 4. The molecule has 6 heteroatoms. The SMILES string of the molecule is CC(C)(C)OC(=O)NC1CCCC(NCCc2ccc(Br)s2)C1. The fourth-order valence-corrected chi connectivity index (χ4v) is 4.35. The first-order chi connectivity index (χ1) is 10.8. The lowest BCUT2D eigenvalue weighted by Crippen LogP contribution is -2.45. The number of carbonyl (C=O) groups excluding carboxylic acids is 1. The van der Waals surface area contributed by atoms with Gasteiger partial charge in [-0.2, -0.15) is 0 Å². The smallest absolute Gasteiger partial charge is 0.407 e. The lowest BCUT2D eigenvalue weighted by Gasteiger charge is -2.31. The Hall–Kier alpha value is -0.590. The number of halogens is 1. The first-order valence-electron chi connectivity index (χ1n) is 8.29. The van der Waals surface area contributed by atoms with Crippen molar-refractivity contribution in [3.05, 3.63) is 20.8 Å². The minimum atomic E-state index is -0.439. The largest absolute Gasteiger partial charge is 0.444 e. The molecule has 1 heterocycles. The van der Waals surface area contributed by atoms with Crippen LogP contribution < -0.4 is 10.6 Å². The molecule has 2 rings (SSSR count). The molecule has 2 unspecified atom stereocenters. The summed E-state index contributed by atoms with van der Waals surface area (Å²) in [6, 6.07) is 4.96. The van der Waals surface area contributed by atoms with E-state index in [0.717, 1.165) is 32.2 Å². The zero-order valence-corrected chi connectivity index (χ0v) is 16.6. The van der Waals surface area contributed by atoms with Gasteiger partial charge in [-0.1, -0.05) is 0 Å². The summed E-state index contributed by atoms with van der Waals surface area (Å²) in [5.74, 6) is 0.